The van der Waals surface area contributed by atoms with Crippen LogP contribution in [0.3, 0.4) is 0 Å². The molecule has 0 radical (unpaired) electrons. The van der Waals surface area contributed by atoms with Gasteiger partial charge in [0, 0.05) is 73.8 Å². The smallest absolute Gasteiger partial charge is 0.312 e. The van der Waals surface area contributed by atoms with Crippen molar-refractivity contribution in [2.24, 2.45) is 23.7 Å². The molecule has 9 atom stereocenters. The highest BCUT2D eigenvalue weighted by molar-refractivity contribution is 6.26. The number of aliphatic hydroxyl groups is 2. The van der Waals surface area contributed by atoms with E-state index in [1.807, 2.05) is 0 Å². The van der Waals surface area contributed by atoms with Crippen molar-refractivity contribution in [3.8, 4) is 17.2 Å². The maximum atomic E-state index is 14.7. The summed E-state index contributed by atoms with van der Waals surface area (Å²) in [5, 5.41) is 37.5. The van der Waals surface area contributed by atoms with Crippen molar-refractivity contribution in [2.45, 2.75) is 98.4 Å². The Morgan fingerprint density at radius 3 is 2.42 bits per heavy atom. The van der Waals surface area contributed by atoms with E-state index in [-0.39, 0.29) is 55.6 Å². The number of aliphatic hydroxyl groups excluding tert-OH is 2. The van der Waals surface area contributed by atoms with E-state index in [9.17, 15) is 34.5 Å². The third-order valence-electron chi connectivity index (χ3n) is 13.2. The number of nitrogens with one attached hydrogen (secondary N) is 1. The number of methoxy groups -OCH3 is 1. The van der Waals surface area contributed by atoms with Crippen molar-refractivity contribution in [3.63, 3.8) is 0 Å². The maximum Gasteiger partial charge on any atom is 0.312 e. The van der Waals surface area contributed by atoms with Gasteiger partial charge in [-0.25, -0.2) is 4.98 Å². The molecule has 16 heteroatoms. The molecule has 3 aliphatic rings. The summed E-state index contributed by atoms with van der Waals surface area (Å²) >= 11 is 0. The summed E-state index contributed by atoms with van der Waals surface area (Å²) in [4.78, 5) is 62.7. The molecule has 4 bridgehead atoms. The number of allylic oxidation sites excluding steroid dienone is 2. The number of hydrogen-bond acceptors (Lipinski definition) is 15. The number of nitrogens with zero attached hydrogens (tertiary/aromatic N) is 2. The van der Waals surface area contributed by atoms with Gasteiger partial charge in [0.2, 0.25) is 0 Å². The van der Waals surface area contributed by atoms with Gasteiger partial charge in [0.1, 0.15) is 40.9 Å². The molecule has 0 unspecified atom stereocenters. The number of phenols is 1. The number of amides is 1. The van der Waals surface area contributed by atoms with Gasteiger partial charge in [-0.2, -0.15) is 0 Å². The Morgan fingerprint density at radius 1 is 1.00 bits per heavy atom. The van der Waals surface area contributed by atoms with Crippen LogP contribution in [0.2, 0.25) is 0 Å². The largest absolute Gasteiger partial charge is 0.505 e. The summed E-state index contributed by atoms with van der Waals surface area (Å²) in [5.41, 5.74) is -0.435. The van der Waals surface area contributed by atoms with Gasteiger partial charge in [0.15, 0.2) is 22.3 Å². The van der Waals surface area contributed by atoms with E-state index in [1.165, 1.54) is 46.3 Å². The highest BCUT2D eigenvalue weighted by atomic mass is 16.7. The van der Waals surface area contributed by atoms with Crippen LogP contribution < -0.4 is 20.2 Å². The first kappa shape index (κ1) is 47.2. The predicted molar refractivity (Wildman–Crippen MR) is 243 cm³/mol. The summed E-state index contributed by atoms with van der Waals surface area (Å²) in [6, 6.07) is 5.07. The monoisotopic (exact) mass is 897 g/mol. The van der Waals surface area contributed by atoms with E-state index in [4.69, 9.17) is 33.1 Å². The van der Waals surface area contributed by atoms with Crippen molar-refractivity contribution < 1.29 is 57.8 Å². The van der Waals surface area contributed by atoms with E-state index >= 15 is 0 Å². The Labute approximate surface area is 376 Å². The van der Waals surface area contributed by atoms with Crippen LogP contribution in [0.5, 0.6) is 17.2 Å². The molecule has 348 valence electrons. The average Bonchev–Trinajstić information content (AvgIpc) is 3.90. The molecule has 4 N–H and O–H groups in total. The molecular weight excluding hydrogens is 839 g/mol. The molecule has 65 heavy (non-hydrogen) atoms. The normalized spacial score (nSPS) is 29.9. The number of aromatic nitrogens is 1. The van der Waals surface area contributed by atoms with E-state index in [0.29, 0.717) is 17.9 Å². The third-order valence-corrected chi connectivity index (χ3v) is 13.2. The Kier molecular flexibility index (Phi) is 13.8. The number of hydrogen-bond donors (Lipinski definition) is 4. The third kappa shape index (κ3) is 9.09. The molecule has 4 aromatic rings. The van der Waals surface area contributed by atoms with Gasteiger partial charge < -0.3 is 48.7 Å². The van der Waals surface area contributed by atoms with Gasteiger partial charge in [-0.05, 0) is 58.0 Å². The zero-order valence-electron chi connectivity index (χ0n) is 38.3. The summed E-state index contributed by atoms with van der Waals surface area (Å²) < 4.78 is 36.4. The molecule has 1 amide bonds. The number of rotatable bonds is 6. The first-order valence-electron chi connectivity index (χ1n) is 22.1. The first-order valence-corrected chi connectivity index (χ1v) is 22.1. The average molecular weight is 898 g/mol. The zero-order valence-corrected chi connectivity index (χ0v) is 38.3. The minimum Gasteiger partial charge on any atom is -0.505 e. The predicted octanol–water partition coefficient (Wildman–Crippen LogP) is 6.47. The van der Waals surface area contributed by atoms with Gasteiger partial charge in [-0.1, -0.05) is 45.9 Å². The lowest BCUT2D eigenvalue weighted by atomic mass is 9.78. The highest BCUT2D eigenvalue weighted by Gasteiger charge is 2.49. The number of esters is 1. The summed E-state index contributed by atoms with van der Waals surface area (Å²) in [5.74, 6) is -6.73. The molecule has 0 aliphatic carbocycles. The van der Waals surface area contributed by atoms with E-state index in [2.05, 4.69) is 10.2 Å². The Hall–Kier alpha value is -5.81. The standard InChI is InChI=1S/C49H59N3O13/c1-24-13-12-14-25(2)48(59)51-39-43(57)36-35(38-46(39)64-34-23-31(15-16-32(34)50-38)61-22-20-52-18-10-11-19-52)37-45(29(6)42(36)56)65-49(8,47(37)58)62-21-17-33(60-9)26(3)44(63-30(7)53)28(5)41(55)27(4)40(24)54/h12-17,21,23-24,26-28,33,40-41,44,54-55,57H,10-11,18-20,22H2,1-9H3,(H,51,59)/b13-12+,21-17+,25-14-/t24-,26+,27+,28+,33-,40-,41+,44+,49-/m0/s1. The van der Waals surface area contributed by atoms with Crippen molar-refractivity contribution in [2.75, 3.05) is 38.7 Å². The van der Waals surface area contributed by atoms with E-state index < -0.39 is 82.7 Å². The number of carbonyl (C=O) groups excluding carboxylic acids is 3. The van der Waals surface area contributed by atoms with Crippen molar-refractivity contribution >= 4 is 56.3 Å². The van der Waals surface area contributed by atoms with Crippen LogP contribution in [-0.4, -0.2) is 106 Å². The van der Waals surface area contributed by atoms with Crippen LogP contribution >= 0.6 is 0 Å². The van der Waals surface area contributed by atoms with E-state index in [1.54, 1.807) is 65.0 Å². The number of likely N-dealkylation sites (tertiary alicyclic amines) is 1. The molecular formula is C49H59N3O13. The number of ketones is 1. The van der Waals surface area contributed by atoms with Gasteiger partial charge in [-0.15, -0.1) is 0 Å². The second-order valence-electron chi connectivity index (χ2n) is 17.8. The van der Waals surface area contributed by atoms with Crippen LogP contribution in [0.25, 0.3) is 33.0 Å². The number of fused-ring (bicyclic) bond motifs is 2. The van der Waals surface area contributed by atoms with Gasteiger partial charge in [-0.3, -0.25) is 24.1 Å². The number of benzene rings is 3. The van der Waals surface area contributed by atoms with Crippen molar-refractivity contribution in [1.29, 1.82) is 0 Å². The quantitative estimate of drug-likeness (QED) is 0.0706. The number of aromatic hydroxyl groups is 1. The minimum atomic E-state index is -2.04. The fourth-order valence-electron chi connectivity index (χ4n) is 9.17. The lowest BCUT2D eigenvalue weighted by Crippen LogP contribution is -2.46. The zero-order chi connectivity index (χ0) is 47.1. The lowest BCUT2D eigenvalue weighted by Gasteiger charge is -2.38. The molecule has 4 heterocycles. The molecule has 16 nitrogen and oxygen atoms in total. The molecule has 1 fully saturated rings. The summed E-state index contributed by atoms with van der Waals surface area (Å²) in [6.07, 6.45) is 5.94. The number of carbonyl (C=O) groups is 3. The number of ether oxygens (including phenoxy) is 5. The van der Waals surface area contributed by atoms with Crippen LogP contribution in [0, 0.1) is 30.6 Å². The number of anilines is 1. The Balaban J connectivity index is 1.40. The fourth-order valence-corrected chi connectivity index (χ4v) is 9.17. The molecule has 0 spiro atoms. The summed E-state index contributed by atoms with van der Waals surface area (Å²) in [7, 11) is 1.45. The van der Waals surface area contributed by atoms with Crippen molar-refractivity contribution in [1.82, 2.24) is 9.88 Å². The van der Waals surface area contributed by atoms with Gasteiger partial charge in [0.25, 0.3) is 11.7 Å². The van der Waals surface area contributed by atoms with Gasteiger partial charge in [0.05, 0.1) is 35.5 Å². The molecule has 7 rings (SSSR count). The second kappa shape index (κ2) is 19.0. The molecule has 3 aromatic carbocycles. The Morgan fingerprint density at radius 2 is 1.72 bits per heavy atom. The SMILES string of the molecule is CO[C@H]1/C=C/O[C@@]2(C)Oc3c(C)c(=O)c4c(O)c(c5oc6cc(OCCN7CCCC7)ccc6nc5c4c3C2=O)NC(=O)/C(C)=C\C=C\[C@H](C)[C@H](O)[C@@H](C)[C@@H](O)[C@@H](C)[C@H](OC(C)=O)[C@@H]1C. The molecule has 1 aromatic heterocycles. The highest BCUT2D eigenvalue weighted by Crippen LogP contribution is 2.48. The van der Waals surface area contributed by atoms with E-state index in [0.717, 1.165) is 32.5 Å². The second-order valence-corrected chi connectivity index (χ2v) is 17.8. The molecule has 1 saturated heterocycles. The topological polar surface area (TPSA) is 216 Å². The fraction of sp³-hybridized carbons (Fsp3) is 0.490. The van der Waals surface area contributed by atoms with Crippen LogP contribution in [0.1, 0.15) is 77.2 Å². The Bertz CT molecular complexity index is 2670. The maximum absolute atomic E-state index is 14.7. The van der Waals surface area contributed by atoms with Crippen LogP contribution in [-0.2, 0) is 23.8 Å². The number of phenolic OH excluding ortho intramolecular Hbond substituents is 1. The number of Topliss-reactive ketones (excluding diaryl/α,β-unsaturated/α-hetero) is 1. The molecule has 0 saturated carbocycles. The van der Waals surface area contributed by atoms with Gasteiger partial charge >= 0.3 is 11.8 Å². The first-order chi connectivity index (χ1) is 30.9. The minimum absolute atomic E-state index is 0.00467. The lowest BCUT2D eigenvalue weighted by molar-refractivity contribution is -0.160. The van der Waals surface area contributed by atoms with Crippen LogP contribution in [0.4, 0.5) is 5.69 Å². The molecule has 3 aliphatic heterocycles. The van der Waals surface area contributed by atoms with Crippen LogP contribution in [0.15, 0.2) is 63.6 Å². The van der Waals surface area contributed by atoms with Crippen molar-refractivity contribution in [3.05, 3.63) is 75.7 Å². The summed E-state index contributed by atoms with van der Waals surface area (Å²) in [6.45, 7) is 15.8.